The van der Waals surface area contributed by atoms with Gasteiger partial charge in [0, 0.05) is 16.9 Å². The summed E-state index contributed by atoms with van der Waals surface area (Å²) in [5, 5.41) is 3.20. The van der Waals surface area contributed by atoms with Crippen LogP contribution in [0.2, 0.25) is 0 Å². The van der Waals surface area contributed by atoms with Crippen LogP contribution in [0.1, 0.15) is 38.2 Å². The molecule has 0 atom stereocenters. The van der Waals surface area contributed by atoms with Gasteiger partial charge in [0.2, 0.25) is 0 Å². The highest BCUT2D eigenvalue weighted by molar-refractivity contribution is 5.59. The summed E-state index contributed by atoms with van der Waals surface area (Å²) in [5.41, 5.74) is 4.76. The van der Waals surface area contributed by atoms with Crippen molar-refractivity contribution in [2.75, 3.05) is 11.1 Å². The third-order valence-corrected chi connectivity index (χ3v) is 3.51. The van der Waals surface area contributed by atoms with Crippen molar-refractivity contribution in [3.63, 3.8) is 0 Å². The molecule has 1 aliphatic rings. The van der Waals surface area contributed by atoms with E-state index in [0.29, 0.717) is 5.69 Å². The standard InChI is InChI=1S/C13H17F3N2/c1-12(6-2-3-7-12)18-9-4-5-11(17)10(8-9)13(14,15)16/h4-5,8,18H,2-3,6-7,17H2,1H3. The average Bonchev–Trinajstić information content (AvgIpc) is 2.66. The van der Waals surface area contributed by atoms with E-state index in [1.165, 1.54) is 6.07 Å². The molecule has 2 rings (SSSR count). The molecule has 0 unspecified atom stereocenters. The van der Waals surface area contributed by atoms with Crippen LogP contribution in [0.5, 0.6) is 0 Å². The molecule has 1 fully saturated rings. The lowest BCUT2D eigenvalue weighted by molar-refractivity contribution is -0.136. The van der Waals surface area contributed by atoms with Gasteiger partial charge in [0.1, 0.15) is 0 Å². The van der Waals surface area contributed by atoms with E-state index in [-0.39, 0.29) is 11.2 Å². The summed E-state index contributed by atoms with van der Waals surface area (Å²) in [6.07, 6.45) is -0.203. The second-order valence-electron chi connectivity index (χ2n) is 5.19. The molecule has 1 aliphatic carbocycles. The zero-order valence-electron chi connectivity index (χ0n) is 10.3. The second kappa shape index (κ2) is 4.37. The van der Waals surface area contributed by atoms with Gasteiger partial charge in [0.05, 0.1) is 5.56 Å². The van der Waals surface area contributed by atoms with Crippen molar-refractivity contribution in [2.45, 2.75) is 44.3 Å². The van der Waals surface area contributed by atoms with E-state index in [1.54, 1.807) is 6.07 Å². The minimum atomic E-state index is -4.40. The fourth-order valence-electron chi connectivity index (χ4n) is 2.51. The zero-order chi connectivity index (χ0) is 13.4. The van der Waals surface area contributed by atoms with Crippen LogP contribution in [0.3, 0.4) is 0 Å². The maximum atomic E-state index is 12.7. The van der Waals surface area contributed by atoms with Gasteiger partial charge in [-0.1, -0.05) is 12.8 Å². The van der Waals surface area contributed by atoms with E-state index in [1.807, 2.05) is 6.92 Å². The van der Waals surface area contributed by atoms with Crippen LogP contribution in [0.4, 0.5) is 24.5 Å². The quantitative estimate of drug-likeness (QED) is 0.786. The smallest absolute Gasteiger partial charge is 0.398 e. The van der Waals surface area contributed by atoms with Gasteiger partial charge < -0.3 is 11.1 Å². The number of nitrogen functional groups attached to an aromatic ring is 1. The van der Waals surface area contributed by atoms with E-state index in [2.05, 4.69) is 5.32 Å². The van der Waals surface area contributed by atoms with Gasteiger partial charge in [0.15, 0.2) is 0 Å². The number of rotatable bonds is 2. The van der Waals surface area contributed by atoms with Crippen LogP contribution in [-0.4, -0.2) is 5.54 Å². The number of hydrogen-bond donors (Lipinski definition) is 2. The lowest BCUT2D eigenvalue weighted by atomic mass is 10.00. The molecular formula is C13H17F3N2. The van der Waals surface area contributed by atoms with Crippen molar-refractivity contribution in [2.24, 2.45) is 0 Å². The molecular weight excluding hydrogens is 241 g/mol. The highest BCUT2D eigenvalue weighted by Crippen LogP contribution is 2.37. The van der Waals surface area contributed by atoms with Crippen molar-refractivity contribution in [3.8, 4) is 0 Å². The Hall–Kier alpha value is -1.39. The Balaban J connectivity index is 2.25. The molecule has 1 saturated carbocycles. The minimum Gasteiger partial charge on any atom is -0.398 e. The Morgan fingerprint density at radius 3 is 2.39 bits per heavy atom. The predicted octanol–water partition coefficient (Wildman–Crippen LogP) is 4.03. The highest BCUT2D eigenvalue weighted by atomic mass is 19.4. The SMILES string of the molecule is CC1(Nc2ccc(N)c(C(F)(F)F)c2)CCCC1. The molecule has 2 nitrogen and oxygen atoms in total. The number of nitrogens with one attached hydrogen (secondary N) is 1. The molecule has 3 N–H and O–H groups in total. The van der Waals surface area contributed by atoms with Crippen LogP contribution in [-0.2, 0) is 6.18 Å². The molecule has 0 radical (unpaired) electrons. The van der Waals surface area contributed by atoms with Crippen molar-refractivity contribution in [3.05, 3.63) is 23.8 Å². The predicted molar refractivity (Wildman–Crippen MR) is 66.4 cm³/mol. The first-order chi connectivity index (χ1) is 8.30. The van der Waals surface area contributed by atoms with Gasteiger partial charge in [-0.15, -0.1) is 0 Å². The first kappa shape index (κ1) is 13.1. The zero-order valence-corrected chi connectivity index (χ0v) is 10.3. The molecule has 1 aromatic carbocycles. The van der Waals surface area contributed by atoms with Crippen LogP contribution in [0, 0.1) is 0 Å². The monoisotopic (exact) mass is 258 g/mol. The van der Waals surface area contributed by atoms with E-state index < -0.39 is 11.7 Å². The minimum absolute atomic E-state index is 0.0982. The molecule has 100 valence electrons. The molecule has 0 aromatic heterocycles. The molecule has 0 bridgehead atoms. The number of benzene rings is 1. The number of nitrogens with two attached hydrogens (primary N) is 1. The third-order valence-electron chi connectivity index (χ3n) is 3.51. The van der Waals surface area contributed by atoms with Crippen molar-refractivity contribution in [1.82, 2.24) is 0 Å². The molecule has 18 heavy (non-hydrogen) atoms. The molecule has 0 heterocycles. The van der Waals surface area contributed by atoms with Gasteiger partial charge in [-0.25, -0.2) is 0 Å². The Kier molecular flexibility index (Phi) is 3.17. The Labute approximate surface area is 104 Å². The summed E-state index contributed by atoms with van der Waals surface area (Å²) in [6, 6.07) is 4.01. The number of alkyl halides is 3. The maximum Gasteiger partial charge on any atom is 0.418 e. The van der Waals surface area contributed by atoms with Crippen LogP contribution >= 0.6 is 0 Å². The first-order valence-corrected chi connectivity index (χ1v) is 6.05. The summed E-state index contributed by atoms with van der Waals surface area (Å²) in [7, 11) is 0. The average molecular weight is 258 g/mol. The van der Waals surface area contributed by atoms with Gasteiger partial charge in [-0.3, -0.25) is 0 Å². The summed E-state index contributed by atoms with van der Waals surface area (Å²) in [6.45, 7) is 2.05. The van der Waals surface area contributed by atoms with E-state index in [0.717, 1.165) is 31.7 Å². The Bertz CT molecular complexity index is 434. The lowest BCUT2D eigenvalue weighted by Gasteiger charge is -2.27. The fraction of sp³-hybridized carbons (Fsp3) is 0.538. The third kappa shape index (κ3) is 2.71. The summed E-state index contributed by atoms with van der Waals surface area (Å²) < 4.78 is 38.2. The van der Waals surface area contributed by atoms with Crippen LogP contribution < -0.4 is 11.1 Å². The van der Waals surface area contributed by atoms with E-state index in [4.69, 9.17) is 5.73 Å². The number of hydrogen-bond acceptors (Lipinski definition) is 2. The fourth-order valence-corrected chi connectivity index (χ4v) is 2.51. The largest absolute Gasteiger partial charge is 0.418 e. The van der Waals surface area contributed by atoms with Gasteiger partial charge in [-0.05, 0) is 38.0 Å². The maximum absolute atomic E-state index is 12.7. The van der Waals surface area contributed by atoms with Crippen LogP contribution in [0.15, 0.2) is 18.2 Å². The molecule has 5 heteroatoms. The van der Waals surface area contributed by atoms with E-state index >= 15 is 0 Å². The highest BCUT2D eigenvalue weighted by Gasteiger charge is 2.34. The summed E-state index contributed by atoms with van der Waals surface area (Å²) in [4.78, 5) is 0. The Morgan fingerprint density at radius 1 is 1.22 bits per heavy atom. The van der Waals surface area contributed by atoms with Crippen molar-refractivity contribution in [1.29, 1.82) is 0 Å². The second-order valence-corrected chi connectivity index (χ2v) is 5.19. The summed E-state index contributed by atoms with van der Waals surface area (Å²) in [5.74, 6) is 0. The van der Waals surface area contributed by atoms with Gasteiger partial charge in [0.25, 0.3) is 0 Å². The summed E-state index contributed by atoms with van der Waals surface area (Å²) >= 11 is 0. The molecule has 0 spiro atoms. The molecule has 0 aliphatic heterocycles. The Morgan fingerprint density at radius 2 is 1.83 bits per heavy atom. The number of halogens is 3. The number of anilines is 2. The van der Waals surface area contributed by atoms with E-state index in [9.17, 15) is 13.2 Å². The lowest BCUT2D eigenvalue weighted by Crippen LogP contribution is -2.30. The molecule has 1 aromatic rings. The normalized spacial score (nSPS) is 18.9. The topological polar surface area (TPSA) is 38.0 Å². The van der Waals surface area contributed by atoms with Crippen molar-refractivity contribution >= 4 is 11.4 Å². The van der Waals surface area contributed by atoms with Crippen molar-refractivity contribution < 1.29 is 13.2 Å². The van der Waals surface area contributed by atoms with Crippen LogP contribution in [0.25, 0.3) is 0 Å². The molecule has 0 saturated heterocycles. The van der Waals surface area contributed by atoms with Gasteiger partial charge in [-0.2, -0.15) is 13.2 Å². The first-order valence-electron chi connectivity index (χ1n) is 6.05. The molecule has 0 amide bonds. The van der Waals surface area contributed by atoms with Gasteiger partial charge >= 0.3 is 6.18 Å².